The van der Waals surface area contributed by atoms with E-state index < -0.39 is 0 Å². The molecule has 2 saturated heterocycles. The summed E-state index contributed by atoms with van der Waals surface area (Å²) in [5.74, 6) is 0.811. The Bertz CT molecular complexity index is 975. The first-order valence-corrected chi connectivity index (χ1v) is 10.3. The lowest BCUT2D eigenvalue weighted by atomic mass is 10.1. The number of hydrogen-bond donors (Lipinski definition) is 1. The lowest BCUT2D eigenvalue weighted by Gasteiger charge is -2.34. The number of hydrogen-bond acceptors (Lipinski definition) is 5. The predicted octanol–water partition coefficient (Wildman–Crippen LogP) is 3.33. The molecule has 0 bridgehead atoms. The van der Waals surface area contributed by atoms with Gasteiger partial charge in [0.15, 0.2) is 0 Å². The minimum atomic E-state index is -0.171. The Kier molecular flexibility index (Phi) is 4.71. The van der Waals surface area contributed by atoms with Gasteiger partial charge in [0.25, 0.3) is 0 Å². The molecule has 0 amide bonds. The molecule has 28 heavy (non-hydrogen) atoms. The number of benzene rings is 2. The quantitative estimate of drug-likeness (QED) is 0.762. The average Bonchev–Trinajstić information content (AvgIpc) is 3.24. The molecule has 0 radical (unpaired) electrons. The summed E-state index contributed by atoms with van der Waals surface area (Å²) in [6.45, 7) is 3.80. The van der Waals surface area contributed by atoms with Gasteiger partial charge in [0.2, 0.25) is 5.95 Å². The molecule has 5 heteroatoms. The Morgan fingerprint density at radius 2 is 1.82 bits per heavy atom. The summed E-state index contributed by atoms with van der Waals surface area (Å²) in [6.07, 6.45) is 4.83. The van der Waals surface area contributed by atoms with Gasteiger partial charge in [-0.1, -0.05) is 36.4 Å². The van der Waals surface area contributed by atoms with Crippen molar-refractivity contribution >= 4 is 16.7 Å². The Morgan fingerprint density at radius 1 is 0.929 bits per heavy atom. The molecule has 2 aliphatic rings. The molecule has 0 spiro atoms. The minimum absolute atomic E-state index is 0.171. The maximum absolute atomic E-state index is 9.98. The summed E-state index contributed by atoms with van der Waals surface area (Å²) in [4.78, 5) is 14.2. The van der Waals surface area contributed by atoms with Gasteiger partial charge in [0, 0.05) is 37.4 Å². The number of rotatable bonds is 3. The van der Waals surface area contributed by atoms with Crippen LogP contribution >= 0.6 is 0 Å². The van der Waals surface area contributed by atoms with Crippen LogP contribution in [0, 0.1) is 0 Å². The normalized spacial score (nSPS) is 23.4. The first-order valence-electron chi connectivity index (χ1n) is 10.3. The Balaban J connectivity index is 1.35. The van der Waals surface area contributed by atoms with Crippen molar-refractivity contribution in [1.82, 2.24) is 14.9 Å². The number of aromatic nitrogens is 2. The highest BCUT2D eigenvalue weighted by atomic mass is 16.3. The highest BCUT2D eigenvalue weighted by molar-refractivity contribution is 5.86. The summed E-state index contributed by atoms with van der Waals surface area (Å²) in [5.41, 5.74) is 2.09. The largest absolute Gasteiger partial charge is 0.392 e. The van der Waals surface area contributed by atoms with Gasteiger partial charge < -0.3 is 10.0 Å². The van der Waals surface area contributed by atoms with E-state index in [0.717, 1.165) is 62.6 Å². The summed E-state index contributed by atoms with van der Waals surface area (Å²) in [6, 6.07) is 17.4. The van der Waals surface area contributed by atoms with Crippen molar-refractivity contribution in [3.05, 3.63) is 54.7 Å². The SMILES string of the molecule is O[C@H]1CCCN([C@@H]2CCN(c3nccc(-c4ccc5ccccc5c4)n3)C2)C1. The van der Waals surface area contributed by atoms with Gasteiger partial charge in [-0.3, -0.25) is 4.90 Å². The third kappa shape index (κ3) is 3.48. The zero-order valence-electron chi connectivity index (χ0n) is 16.0. The van der Waals surface area contributed by atoms with Crippen LogP contribution in [-0.2, 0) is 0 Å². The second kappa shape index (κ2) is 7.49. The highest BCUT2D eigenvalue weighted by Crippen LogP contribution is 2.26. The third-order valence-corrected chi connectivity index (χ3v) is 6.08. The molecule has 2 aromatic carbocycles. The van der Waals surface area contributed by atoms with Gasteiger partial charge in [-0.05, 0) is 48.7 Å². The zero-order valence-corrected chi connectivity index (χ0v) is 16.0. The second-order valence-electron chi connectivity index (χ2n) is 7.98. The smallest absolute Gasteiger partial charge is 0.225 e. The van der Waals surface area contributed by atoms with Gasteiger partial charge in [0.1, 0.15) is 0 Å². The van der Waals surface area contributed by atoms with E-state index >= 15 is 0 Å². The third-order valence-electron chi connectivity index (χ3n) is 6.08. The molecule has 0 unspecified atom stereocenters. The number of aliphatic hydroxyl groups is 1. The fourth-order valence-electron chi connectivity index (χ4n) is 4.55. The molecule has 0 saturated carbocycles. The maximum Gasteiger partial charge on any atom is 0.225 e. The van der Waals surface area contributed by atoms with Crippen LogP contribution in [-0.4, -0.2) is 58.3 Å². The molecular formula is C23H26N4O. The highest BCUT2D eigenvalue weighted by Gasteiger charge is 2.31. The number of β-amino-alcohol motifs (C(OH)–C–C–N with tert-alkyl or cyclic N) is 1. The summed E-state index contributed by atoms with van der Waals surface area (Å²) in [5, 5.41) is 12.4. The van der Waals surface area contributed by atoms with Crippen LogP contribution in [0.25, 0.3) is 22.0 Å². The molecule has 1 aromatic heterocycles. The molecule has 2 atom stereocenters. The molecule has 2 aliphatic heterocycles. The molecule has 3 heterocycles. The van der Waals surface area contributed by atoms with Gasteiger partial charge >= 0.3 is 0 Å². The van der Waals surface area contributed by atoms with Crippen molar-refractivity contribution in [1.29, 1.82) is 0 Å². The fraction of sp³-hybridized carbons (Fsp3) is 0.391. The average molecular weight is 374 g/mol. The van der Waals surface area contributed by atoms with E-state index in [4.69, 9.17) is 4.98 Å². The lowest BCUT2D eigenvalue weighted by Crippen LogP contribution is -2.45. The second-order valence-corrected chi connectivity index (χ2v) is 7.98. The first kappa shape index (κ1) is 17.6. The van der Waals surface area contributed by atoms with E-state index in [0.29, 0.717) is 6.04 Å². The number of anilines is 1. The lowest BCUT2D eigenvalue weighted by molar-refractivity contribution is 0.0513. The van der Waals surface area contributed by atoms with E-state index in [9.17, 15) is 5.11 Å². The van der Waals surface area contributed by atoms with Gasteiger partial charge in [-0.25, -0.2) is 9.97 Å². The monoisotopic (exact) mass is 374 g/mol. The molecule has 0 aliphatic carbocycles. The molecule has 5 rings (SSSR count). The van der Waals surface area contributed by atoms with Crippen LogP contribution in [0.4, 0.5) is 5.95 Å². The van der Waals surface area contributed by atoms with Crippen molar-refractivity contribution in [3.8, 4) is 11.3 Å². The van der Waals surface area contributed by atoms with Crippen molar-refractivity contribution in [2.75, 3.05) is 31.1 Å². The molecule has 3 aromatic rings. The fourth-order valence-corrected chi connectivity index (χ4v) is 4.55. The summed E-state index contributed by atoms with van der Waals surface area (Å²) in [7, 11) is 0. The molecule has 2 fully saturated rings. The number of likely N-dealkylation sites (tertiary alicyclic amines) is 1. The Hall–Kier alpha value is -2.50. The number of piperidine rings is 1. The maximum atomic E-state index is 9.98. The van der Waals surface area contributed by atoms with Crippen molar-refractivity contribution < 1.29 is 5.11 Å². The number of aliphatic hydroxyl groups excluding tert-OH is 1. The Morgan fingerprint density at radius 3 is 2.71 bits per heavy atom. The van der Waals surface area contributed by atoms with Crippen molar-refractivity contribution in [2.24, 2.45) is 0 Å². The van der Waals surface area contributed by atoms with E-state index in [1.807, 2.05) is 12.3 Å². The van der Waals surface area contributed by atoms with E-state index in [-0.39, 0.29) is 6.10 Å². The van der Waals surface area contributed by atoms with Crippen molar-refractivity contribution in [2.45, 2.75) is 31.4 Å². The number of fused-ring (bicyclic) bond motifs is 1. The van der Waals surface area contributed by atoms with Crippen LogP contribution in [0.1, 0.15) is 19.3 Å². The minimum Gasteiger partial charge on any atom is -0.392 e. The Labute approximate surface area is 165 Å². The predicted molar refractivity (Wildman–Crippen MR) is 112 cm³/mol. The number of nitrogens with zero attached hydrogens (tertiary/aromatic N) is 4. The molecule has 5 nitrogen and oxygen atoms in total. The molecular weight excluding hydrogens is 348 g/mol. The van der Waals surface area contributed by atoms with Crippen LogP contribution < -0.4 is 4.90 Å². The van der Waals surface area contributed by atoms with Gasteiger partial charge in [-0.15, -0.1) is 0 Å². The van der Waals surface area contributed by atoms with Crippen LogP contribution in [0.3, 0.4) is 0 Å². The summed E-state index contributed by atoms with van der Waals surface area (Å²) < 4.78 is 0. The standard InChI is InChI=1S/C23H26N4O/c28-21-6-3-12-26(16-21)20-10-13-27(15-20)23-24-11-9-22(25-23)19-8-7-17-4-1-2-5-18(17)14-19/h1-2,4-5,7-9,11,14,20-21,28H,3,6,10,12-13,15-16H2/t20-,21+/m1/s1. The van der Waals surface area contributed by atoms with Crippen molar-refractivity contribution in [3.63, 3.8) is 0 Å². The van der Waals surface area contributed by atoms with Gasteiger partial charge in [-0.2, -0.15) is 0 Å². The molecule has 1 N–H and O–H groups in total. The van der Waals surface area contributed by atoms with Crippen LogP contribution in [0.2, 0.25) is 0 Å². The van der Waals surface area contributed by atoms with Gasteiger partial charge in [0.05, 0.1) is 11.8 Å². The van der Waals surface area contributed by atoms with E-state index in [2.05, 4.69) is 57.2 Å². The van der Waals surface area contributed by atoms with Crippen LogP contribution in [0.5, 0.6) is 0 Å². The zero-order chi connectivity index (χ0) is 18.9. The first-order chi connectivity index (χ1) is 13.8. The summed E-state index contributed by atoms with van der Waals surface area (Å²) >= 11 is 0. The molecule has 144 valence electrons. The topological polar surface area (TPSA) is 52.5 Å². The van der Waals surface area contributed by atoms with E-state index in [1.54, 1.807) is 0 Å². The van der Waals surface area contributed by atoms with Crippen LogP contribution in [0.15, 0.2) is 54.7 Å². The van der Waals surface area contributed by atoms with E-state index in [1.165, 1.54) is 10.8 Å².